The summed E-state index contributed by atoms with van der Waals surface area (Å²) in [5.74, 6) is 0.601. The van der Waals surface area contributed by atoms with Crippen LogP contribution in [0.2, 0.25) is 0 Å². The number of halogens is 1. The van der Waals surface area contributed by atoms with Crippen molar-refractivity contribution in [2.45, 2.75) is 12.5 Å². The van der Waals surface area contributed by atoms with Crippen molar-refractivity contribution >= 4 is 0 Å². The molecule has 1 unspecified atom stereocenters. The van der Waals surface area contributed by atoms with E-state index in [9.17, 15) is 4.39 Å². The van der Waals surface area contributed by atoms with Gasteiger partial charge in [0.1, 0.15) is 17.7 Å². The predicted molar refractivity (Wildman–Crippen MR) is 56.4 cm³/mol. The highest BCUT2D eigenvalue weighted by Crippen LogP contribution is 2.28. The van der Waals surface area contributed by atoms with Gasteiger partial charge >= 0.3 is 0 Å². The number of hydrogen-bond acceptors (Lipinski definition) is 3. The van der Waals surface area contributed by atoms with Crippen LogP contribution in [0.3, 0.4) is 0 Å². The first-order chi connectivity index (χ1) is 7.29. The fourth-order valence-electron chi connectivity index (χ4n) is 1.77. The molecule has 0 bridgehead atoms. The Morgan fingerprint density at radius 1 is 1.53 bits per heavy atom. The Morgan fingerprint density at radius 2 is 2.40 bits per heavy atom. The minimum absolute atomic E-state index is 0.105. The average Bonchev–Trinajstić information content (AvgIpc) is 2.60. The van der Waals surface area contributed by atoms with E-state index in [0.717, 1.165) is 30.8 Å². The quantitative estimate of drug-likeness (QED) is 0.718. The van der Waals surface area contributed by atoms with Crippen LogP contribution in [0, 0.1) is 5.82 Å². The first kappa shape index (κ1) is 10.4. The molecule has 1 atom stereocenters. The van der Waals surface area contributed by atoms with Crippen molar-refractivity contribution in [3.05, 3.63) is 29.6 Å². The molecule has 3 nitrogen and oxygen atoms in total. The fraction of sp³-hybridized carbons (Fsp3) is 0.455. The van der Waals surface area contributed by atoms with E-state index in [2.05, 4.69) is 5.32 Å². The van der Waals surface area contributed by atoms with Crippen molar-refractivity contribution in [1.29, 1.82) is 0 Å². The summed E-state index contributed by atoms with van der Waals surface area (Å²) in [6.45, 7) is 2.16. The molecule has 1 aromatic rings. The number of nitrogens with two attached hydrogens (primary N) is 1. The highest BCUT2D eigenvalue weighted by atomic mass is 19.1. The summed E-state index contributed by atoms with van der Waals surface area (Å²) >= 11 is 0. The zero-order valence-electron chi connectivity index (χ0n) is 8.50. The molecule has 0 spiro atoms. The first-order valence-electron chi connectivity index (χ1n) is 5.15. The van der Waals surface area contributed by atoms with Crippen molar-refractivity contribution in [2.75, 3.05) is 19.6 Å². The molecule has 0 saturated heterocycles. The lowest BCUT2D eigenvalue weighted by molar-refractivity contribution is 0.228. The Labute approximate surface area is 88.4 Å². The van der Waals surface area contributed by atoms with Crippen LogP contribution >= 0.6 is 0 Å². The summed E-state index contributed by atoms with van der Waals surface area (Å²) in [6, 6.07) is 4.65. The summed E-state index contributed by atoms with van der Waals surface area (Å²) in [6.07, 6.45) is 0.873. The van der Waals surface area contributed by atoms with Gasteiger partial charge in [0.2, 0.25) is 0 Å². The van der Waals surface area contributed by atoms with Gasteiger partial charge in [-0.1, -0.05) is 0 Å². The molecule has 1 aliphatic rings. The Morgan fingerprint density at radius 3 is 3.20 bits per heavy atom. The molecule has 4 heteroatoms. The van der Waals surface area contributed by atoms with Crippen LogP contribution in [0.25, 0.3) is 0 Å². The van der Waals surface area contributed by atoms with E-state index >= 15 is 0 Å². The summed E-state index contributed by atoms with van der Waals surface area (Å²) in [7, 11) is 0. The molecule has 2 rings (SSSR count). The molecule has 82 valence electrons. The second-order valence-corrected chi connectivity index (χ2v) is 3.69. The van der Waals surface area contributed by atoms with Crippen LogP contribution in [0.15, 0.2) is 18.2 Å². The lowest BCUT2D eigenvalue weighted by atomic mass is 10.1. The van der Waals surface area contributed by atoms with E-state index in [1.54, 1.807) is 6.07 Å². The van der Waals surface area contributed by atoms with Crippen LogP contribution in [0.1, 0.15) is 5.56 Å². The number of benzene rings is 1. The predicted octanol–water partition coefficient (Wildman–Crippen LogP) is 0.677. The van der Waals surface area contributed by atoms with Gasteiger partial charge in [-0.2, -0.15) is 0 Å². The summed E-state index contributed by atoms with van der Waals surface area (Å²) in [4.78, 5) is 0. The summed E-state index contributed by atoms with van der Waals surface area (Å²) < 4.78 is 18.5. The second-order valence-electron chi connectivity index (χ2n) is 3.69. The number of nitrogens with one attached hydrogen (secondary N) is 1. The van der Waals surface area contributed by atoms with Crippen LogP contribution < -0.4 is 15.8 Å². The van der Waals surface area contributed by atoms with Crippen LogP contribution in [0.5, 0.6) is 5.75 Å². The molecular weight excluding hydrogens is 195 g/mol. The van der Waals surface area contributed by atoms with Gasteiger partial charge < -0.3 is 15.8 Å². The van der Waals surface area contributed by atoms with Gasteiger partial charge in [0, 0.05) is 31.6 Å². The summed E-state index contributed by atoms with van der Waals surface area (Å²) in [5.41, 5.74) is 6.32. The zero-order valence-corrected chi connectivity index (χ0v) is 8.50. The minimum atomic E-state index is -0.201. The molecule has 0 aromatic heterocycles. The smallest absolute Gasteiger partial charge is 0.123 e. The van der Waals surface area contributed by atoms with Gasteiger partial charge in [-0.3, -0.25) is 0 Å². The van der Waals surface area contributed by atoms with Crippen LogP contribution in [0.4, 0.5) is 4.39 Å². The average molecular weight is 210 g/mol. The van der Waals surface area contributed by atoms with Gasteiger partial charge in [0.25, 0.3) is 0 Å². The maximum absolute atomic E-state index is 12.9. The van der Waals surface area contributed by atoms with Crippen molar-refractivity contribution in [3.8, 4) is 5.75 Å². The number of rotatable bonds is 4. The van der Waals surface area contributed by atoms with Gasteiger partial charge in [-0.25, -0.2) is 4.39 Å². The highest BCUT2D eigenvalue weighted by molar-refractivity contribution is 5.37. The van der Waals surface area contributed by atoms with E-state index in [0.29, 0.717) is 6.54 Å². The summed E-state index contributed by atoms with van der Waals surface area (Å²) in [5, 5.41) is 3.18. The SMILES string of the molecule is NCCNCC1Cc2cc(F)ccc2O1. The normalized spacial score (nSPS) is 18.7. The van der Waals surface area contributed by atoms with E-state index in [4.69, 9.17) is 10.5 Å². The Hall–Kier alpha value is -1.13. The second kappa shape index (κ2) is 4.59. The maximum Gasteiger partial charge on any atom is 0.123 e. The Kier molecular flexibility index (Phi) is 3.18. The molecule has 0 aliphatic carbocycles. The van der Waals surface area contributed by atoms with Crippen LogP contribution in [-0.4, -0.2) is 25.7 Å². The van der Waals surface area contributed by atoms with E-state index in [-0.39, 0.29) is 11.9 Å². The molecule has 0 radical (unpaired) electrons. The molecule has 1 aliphatic heterocycles. The molecule has 1 aromatic carbocycles. The number of fused-ring (bicyclic) bond motifs is 1. The number of ether oxygens (including phenoxy) is 1. The largest absolute Gasteiger partial charge is 0.488 e. The molecule has 1 heterocycles. The third kappa shape index (κ3) is 2.46. The first-order valence-corrected chi connectivity index (χ1v) is 5.15. The van der Waals surface area contributed by atoms with E-state index in [1.165, 1.54) is 12.1 Å². The standard InChI is InChI=1S/C11H15FN2O/c12-9-1-2-11-8(5-9)6-10(15-11)7-14-4-3-13/h1-2,5,10,14H,3-4,6-7,13H2. The topological polar surface area (TPSA) is 47.3 Å². The Balaban J connectivity index is 1.91. The highest BCUT2D eigenvalue weighted by Gasteiger charge is 2.22. The Bertz CT molecular complexity index is 343. The molecule has 3 N–H and O–H groups in total. The van der Waals surface area contributed by atoms with Gasteiger partial charge in [0.05, 0.1) is 0 Å². The maximum atomic E-state index is 12.9. The molecule has 15 heavy (non-hydrogen) atoms. The van der Waals surface area contributed by atoms with Crippen molar-refractivity contribution in [2.24, 2.45) is 5.73 Å². The third-order valence-electron chi connectivity index (χ3n) is 2.46. The number of hydrogen-bond donors (Lipinski definition) is 2. The molecule has 0 fully saturated rings. The molecule has 0 saturated carbocycles. The van der Waals surface area contributed by atoms with E-state index < -0.39 is 0 Å². The lowest BCUT2D eigenvalue weighted by Crippen LogP contribution is -2.33. The van der Waals surface area contributed by atoms with Crippen molar-refractivity contribution in [3.63, 3.8) is 0 Å². The van der Waals surface area contributed by atoms with Gasteiger partial charge in [-0.05, 0) is 18.2 Å². The molecule has 0 amide bonds. The van der Waals surface area contributed by atoms with Gasteiger partial charge in [0.15, 0.2) is 0 Å². The monoisotopic (exact) mass is 210 g/mol. The molecular formula is C11H15FN2O. The van der Waals surface area contributed by atoms with Crippen molar-refractivity contribution < 1.29 is 9.13 Å². The minimum Gasteiger partial charge on any atom is -0.488 e. The van der Waals surface area contributed by atoms with Crippen LogP contribution in [-0.2, 0) is 6.42 Å². The van der Waals surface area contributed by atoms with Gasteiger partial charge in [-0.15, -0.1) is 0 Å². The lowest BCUT2D eigenvalue weighted by Gasteiger charge is -2.10. The van der Waals surface area contributed by atoms with Crippen molar-refractivity contribution in [1.82, 2.24) is 5.32 Å². The third-order valence-corrected chi connectivity index (χ3v) is 2.46. The van der Waals surface area contributed by atoms with E-state index in [1.807, 2.05) is 0 Å². The fourth-order valence-corrected chi connectivity index (χ4v) is 1.77. The zero-order chi connectivity index (χ0) is 10.7.